The average Bonchev–Trinajstić information content (AvgIpc) is 3.56. The van der Waals surface area contributed by atoms with Crippen molar-refractivity contribution in [2.75, 3.05) is 5.32 Å². The number of rotatable bonds is 6. The van der Waals surface area contributed by atoms with Crippen LogP contribution in [0.25, 0.3) is 44.0 Å². The quantitative estimate of drug-likeness (QED) is 0.254. The van der Waals surface area contributed by atoms with Crippen LogP contribution in [0.3, 0.4) is 0 Å². The molecule has 0 saturated heterocycles. The van der Waals surface area contributed by atoms with Gasteiger partial charge in [0.15, 0.2) is 11.6 Å². The summed E-state index contributed by atoms with van der Waals surface area (Å²) in [5.41, 5.74) is 4.91. The smallest absolute Gasteiger partial charge is 0.163 e. The molecular formula is C28H19ClN4OS. The molecule has 0 fully saturated rings. The molecule has 0 spiro atoms. The molecule has 35 heavy (non-hydrogen) atoms. The van der Waals surface area contributed by atoms with Crippen LogP contribution in [0.5, 0.6) is 0 Å². The van der Waals surface area contributed by atoms with E-state index in [1.165, 1.54) is 0 Å². The van der Waals surface area contributed by atoms with Crippen LogP contribution in [-0.2, 0) is 6.54 Å². The van der Waals surface area contributed by atoms with Crippen molar-refractivity contribution in [1.29, 1.82) is 0 Å². The second-order valence-electron chi connectivity index (χ2n) is 8.00. The maximum atomic E-state index is 6.01. The Morgan fingerprint density at radius 1 is 0.800 bits per heavy atom. The van der Waals surface area contributed by atoms with E-state index in [1.807, 2.05) is 78.9 Å². The summed E-state index contributed by atoms with van der Waals surface area (Å²) in [5.74, 6) is 2.15. The summed E-state index contributed by atoms with van der Waals surface area (Å²) in [4.78, 5) is 10.7. The fourth-order valence-corrected chi connectivity index (χ4v) is 5.01. The molecule has 7 heteroatoms. The van der Waals surface area contributed by atoms with Gasteiger partial charge in [0.05, 0.1) is 11.9 Å². The summed E-state index contributed by atoms with van der Waals surface area (Å²) in [6, 6.07) is 29.8. The van der Waals surface area contributed by atoms with Crippen molar-refractivity contribution in [3.05, 3.63) is 107 Å². The van der Waals surface area contributed by atoms with Crippen LogP contribution in [0, 0.1) is 0 Å². The van der Waals surface area contributed by atoms with Crippen molar-refractivity contribution in [3.63, 3.8) is 0 Å². The van der Waals surface area contributed by atoms with E-state index in [9.17, 15) is 0 Å². The Kier molecular flexibility index (Phi) is 5.74. The maximum absolute atomic E-state index is 6.01. The number of fused-ring (bicyclic) bond motifs is 1. The molecule has 5 nitrogen and oxygen atoms in total. The molecule has 3 aromatic carbocycles. The summed E-state index contributed by atoms with van der Waals surface area (Å²) >= 11 is 7.63. The Balaban J connectivity index is 1.37. The molecule has 0 aliphatic carbocycles. The minimum Gasteiger partial charge on any atom is -0.362 e. The number of aromatic nitrogens is 3. The normalized spacial score (nSPS) is 11.1. The van der Waals surface area contributed by atoms with E-state index in [2.05, 4.69) is 28.0 Å². The Morgan fingerprint density at radius 3 is 2.26 bits per heavy atom. The fraction of sp³-hybridized carbons (Fsp3) is 0.0357. The predicted octanol–water partition coefficient (Wildman–Crippen LogP) is 7.95. The maximum Gasteiger partial charge on any atom is 0.163 e. The van der Waals surface area contributed by atoms with Crippen LogP contribution in [0.4, 0.5) is 5.82 Å². The molecule has 0 bridgehead atoms. The highest BCUT2D eigenvalue weighted by atomic mass is 35.5. The van der Waals surface area contributed by atoms with Crippen molar-refractivity contribution >= 4 is 39.0 Å². The lowest BCUT2D eigenvalue weighted by Crippen LogP contribution is -2.03. The number of anilines is 1. The predicted molar refractivity (Wildman–Crippen MR) is 143 cm³/mol. The molecule has 0 amide bonds. The summed E-state index contributed by atoms with van der Waals surface area (Å²) in [7, 11) is 0. The van der Waals surface area contributed by atoms with Gasteiger partial charge in [-0.25, -0.2) is 9.97 Å². The first-order valence-electron chi connectivity index (χ1n) is 11.1. The largest absolute Gasteiger partial charge is 0.362 e. The highest BCUT2D eigenvalue weighted by Crippen LogP contribution is 2.38. The van der Waals surface area contributed by atoms with E-state index in [-0.39, 0.29) is 0 Å². The third-order valence-electron chi connectivity index (χ3n) is 5.68. The topological polar surface area (TPSA) is 63.8 Å². The number of nitrogens with one attached hydrogen (secondary N) is 1. The lowest BCUT2D eigenvalue weighted by atomic mass is 10.1. The van der Waals surface area contributed by atoms with Gasteiger partial charge < -0.3 is 9.84 Å². The summed E-state index contributed by atoms with van der Waals surface area (Å²) < 4.78 is 5.61. The van der Waals surface area contributed by atoms with Crippen LogP contribution in [-0.4, -0.2) is 15.1 Å². The minimum absolute atomic E-state index is 0.436. The molecule has 0 unspecified atom stereocenters. The SMILES string of the molecule is Clc1ccc(-c2cc(CNc3nc(-c4ccccc4)nc4scc(-c5ccccc5)c34)on2)cc1. The zero-order valence-corrected chi connectivity index (χ0v) is 20.1. The Morgan fingerprint density at radius 2 is 1.51 bits per heavy atom. The molecule has 0 aliphatic rings. The first-order valence-corrected chi connectivity index (χ1v) is 12.4. The van der Waals surface area contributed by atoms with Gasteiger partial charge in [0.1, 0.15) is 16.3 Å². The lowest BCUT2D eigenvalue weighted by molar-refractivity contribution is 0.390. The lowest BCUT2D eigenvalue weighted by Gasteiger charge is -2.10. The van der Waals surface area contributed by atoms with Crippen molar-refractivity contribution in [3.8, 4) is 33.8 Å². The number of halogens is 1. The number of nitrogens with zero attached hydrogens (tertiary/aromatic N) is 3. The molecule has 0 aliphatic heterocycles. The molecule has 170 valence electrons. The van der Waals surface area contributed by atoms with Gasteiger partial charge in [0.25, 0.3) is 0 Å². The molecule has 0 radical (unpaired) electrons. The van der Waals surface area contributed by atoms with E-state index >= 15 is 0 Å². The van der Waals surface area contributed by atoms with Crippen molar-refractivity contribution < 1.29 is 4.52 Å². The molecule has 6 aromatic rings. The van der Waals surface area contributed by atoms with Crippen molar-refractivity contribution in [2.45, 2.75) is 6.54 Å². The first-order chi connectivity index (χ1) is 17.2. The third kappa shape index (κ3) is 4.41. The third-order valence-corrected chi connectivity index (χ3v) is 6.80. The molecule has 1 N–H and O–H groups in total. The number of hydrogen-bond donors (Lipinski definition) is 1. The van der Waals surface area contributed by atoms with Gasteiger partial charge in [-0.15, -0.1) is 11.3 Å². The van der Waals surface area contributed by atoms with E-state index in [0.717, 1.165) is 44.0 Å². The highest BCUT2D eigenvalue weighted by molar-refractivity contribution is 7.17. The van der Waals surface area contributed by atoms with Gasteiger partial charge in [-0.3, -0.25) is 0 Å². The van der Waals surface area contributed by atoms with Gasteiger partial charge >= 0.3 is 0 Å². The Labute approximate surface area is 211 Å². The van der Waals surface area contributed by atoms with E-state index in [0.29, 0.717) is 23.2 Å². The summed E-state index contributed by atoms with van der Waals surface area (Å²) in [6.07, 6.45) is 0. The standard InChI is InChI=1S/C28H19ClN4OS/c29-21-13-11-19(12-14-21)24-15-22(34-33-24)16-30-27-25-23(18-7-3-1-4-8-18)17-35-28(25)32-26(31-27)20-9-5-2-6-10-20/h1-15,17H,16H2,(H,30,31,32). The number of benzene rings is 3. The fourth-order valence-electron chi connectivity index (χ4n) is 3.94. The number of thiophene rings is 1. The van der Waals surface area contributed by atoms with E-state index in [4.69, 9.17) is 26.1 Å². The van der Waals surface area contributed by atoms with Gasteiger partial charge in [-0.1, -0.05) is 89.6 Å². The molecule has 3 heterocycles. The molecule has 3 aromatic heterocycles. The van der Waals surface area contributed by atoms with Gasteiger partial charge in [-0.2, -0.15) is 0 Å². The zero-order chi connectivity index (χ0) is 23.6. The van der Waals surface area contributed by atoms with Crippen LogP contribution in [0.15, 0.2) is 101 Å². The van der Waals surface area contributed by atoms with Gasteiger partial charge in [0, 0.05) is 33.2 Å². The monoisotopic (exact) mass is 494 g/mol. The van der Waals surface area contributed by atoms with Crippen LogP contribution in [0.1, 0.15) is 5.76 Å². The number of hydrogen-bond acceptors (Lipinski definition) is 6. The molecule has 6 rings (SSSR count). The molecule has 0 saturated carbocycles. The Hall–Kier alpha value is -4.00. The van der Waals surface area contributed by atoms with Crippen LogP contribution in [0.2, 0.25) is 5.02 Å². The molecular weight excluding hydrogens is 476 g/mol. The van der Waals surface area contributed by atoms with Crippen molar-refractivity contribution in [2.24, 2.45) is 0 Å². The average molecular weight is 495 g/mol. The summed E-state index contributed by atoms with van der Waals surface area (Å²) in [6.45, 7) is 0.436. The van der Waals surface area contributed by atoms with Crippen LogP contribution >= 0.6 is 22.9 Å². The second kappa shape index (κ2) is 9.33. The molecule has 0 atom stereocenters. The van der Waals surface area contributed by atoms with E-state index in [1.54, 1.807) is 11.3 Å². The van der Waals surface area contributed by atoms with Crippen LogP contribution < -0.4 is 5.32 Å². The minimum atomic E-state index is 0.436. The Bertz CT molecular complexity index is 1600. The van der Waals surface area contributed by atoms with Crippen molar-refractivity contribution in [1.82, 2.24) is 15.1 Å². The highest BCUT2D eigenvalue weighted by Gasteiger charge is 2.17. The van der Waals surface area contributed by atoms with Gasteiger partial charge in [-0.05, 0) is 17.7 Å². The second-order valence-corrected chi connectivity index (χ2v) is 9.29. The summed E-state index contributed by atoms with van der Waals surface area (Å²) in [5, 5.41) is 11.5. The van der Waals surface area contributed by atoms with Gasteiger partial charge in [0.2, 0.25) is 0 Å². The van der Waals surface area contributed by atoms with E-state index < -0.39 is 0 Å². The first kappa shape index (κ1) is 21.5. The zero-order valence-electron chi connectivity index (χ0n) is 18.5.